The molecule has 5 heteroatoms. The molecule has 0 spiro atoms. The Morgan fingerprint density at radius 1 is 1.28 bits per heavy atom. The van der Waals surface area contributed by atoms with Crippen molar-refractivity contribution in [1.29, 1.82) is 0 Å². The molecule has 0 amide bonds. The second kappa shape index (κ2) is 4.74. The normalized spacial score (nSPS) is 14.3. The number of rotatable bonds is 1. The number of halogens is 1. The van der Waals surface area contributed by atoms with Crippen LogP contribution in [-0.4, -0.2) is 21.5 Å². The van der Waals surface area contributed by atoms with E-state index < -0.39 is 0 Å². The van der Waals surface area contributed by atoms with Gasteiger partial charge < -0.3 is 5.32 Å². The van der Waals surface area contributed by atoms with Crippen molar-refractivity contribution in [2.45, 2.75) is 19.9 Å². The molecule has 4 nitrogen and oxygen atoms in total. The standard InChI is InChI=1S/C13H13BrN4/c1-8-11-2-3-15-7-12(11)18-13(17-8)9-4-10(14)6-16-5-9/h4-6,15H,2-3,7H2,1H3. The van der Waals surface area contributed by atoms with Gasteiger partial charge in [-0.15, -0.1) is 0 Å². The van der Waals surface area contributed by atoms with E-state index in [1.807, 2.05) is 6.07 Å². The minimum atomic E-state index is 0.753. The quantitative estimate of drug-likeness (QED) is 0.878. The molecule has 18 heavy (non-hydrogen) atoms. The summed E-state index contributed by atoms with van der Waals surface area (Å²) in [5.41, 5.74) is 4.43. The molecular formula is C13H13BrN4. The lowest BCUT2D eigenvalue weighted by molar-refractivity contribution is 0.620. The molecule has 0 atom stereocenters. The maximum absolute atomic E-state index is 4.65. The molecule has 0 unspecified atom stereocenters. The number of aryl methyl sites for hydroxylation is 1. The van der Waals surface area contributed by atoms with Gasteiger partial charge in [0.1, 0.15) is 0 Å². The molecule has 0 aliphatic carbocycles. The first-order chi connectivity index (χ1) is 8.74. The number of hydrogen-bond acceptors (Lipinski definition) is 4. The molecule has 2 aromatic heterocycles. The van der Waals surface area contributed by atoms with E-state index >= 15 is 0 Å². The fraction of sp³-hybridized carbons (Fsp3) is 0.308. The molecule has 1 aliphatic heterocycles. The molecule has 0 aromatic carbocycles. The van der Waals surface area contributed by atoms with Crippen LogP contribution in [0.3, 0.4) is 0 Å². The molecule has 0 saturated carbocycles. The van der Waals surface area contributed by atoms with Gasteiger partial charge >= 0.3 is 0 Å². The van der Waals surface area contributed by atoms with Crippen LogP contribution in [0.5, 0.6) is 0 Å². The van der Waals surface area contributed by atoms with E-state index in [-0.39, 0.29) is 0 Å². The van der Waals surface area contributed by atoms with Crippen molar-refractivity contribution in [3.8, 4) is 11.4 Å². The Balaban J connectivity index is 2.11. The monoisotopic (exact) mass is 304 g/mol. The van der Waals surface area contributed by atoms with Crippen molar-refractivity contribution in [2.75, 3.05) is 6.54 Å². The Labute approximate surface area is 114 Å². The molecule has 1 aliphatic rings. The average Bonchev–Trinajstić information content (AvgIpc) is 2.39. The van der Waals surface area contributed by atoms with Crippen LogP contribution in [0, 0.1) is 6.92 Å². The molecule has 92 valence electrons. The Bertz CT molecular complexity index is 598. The van der Waals surface area contributed by atoms with Crippen molar-refractivity contribution < 1.29 is 0 Å². The van der Waals surface area contributed by atoms with Gasteiger partial charge in [-0.2, -0.15) is 0 Å². The molecule has 0 bridgehead atoms. The lowest BCUT2D eigenvalue weighted by Crippen LogP contribution is -2.26. The van der Waals surface area contributed by atoms with Gasteiger partial charge in [-0.05, 0) is 47.4 Å². The smallest absolute Gasteiger partial charge is 0.161 e. The predicted molar refractivity (Wildman–Crippen MR) is 73.1 cm³/mol. The molecular weight excluding hydrogens is 292 g/mol. The van der Waals surface area contributed by atoms with E-state index in [1.54, 1.807) is 12.4 Å². The molecule has 1 N–H and O–H groups in total. The number of nitrogens with one attached hydrogen (secondary N) is 1. The van der Waals surface area contributed by atoms with Gasteiger partial charge in [0.15, 0.2) is 5.82 Å². The molecule has 0 radical (unpaired) electrons. The van der Waals surface area contributed by atoms with Gasteiger partial charge in [0.05, 0.1) is 5.69 Å². The summed E-state index contributed by atoms with van der Waals surface area (Å²) >= 11 is 3.42. The number of aromatic nitrogens is 3. The Morgan fingerprint density at radius 2 is 2.17 bits per heavy atom. The molecule has 0 fully saturated rings. The summed E-state index contributed by atoms with van der Waals surface area (Å²) < 4.78 is 0.942. The Morgan fingerprint density at radius 3 is 3.00 bits per heavy atom. The number of nitrogens with zero attached hydrogens (tertiary/aromatic N) is 3. The summed E-state index contributed by atoms with van der Waals surface area (Å²) in [5, 5.41) is 3.34. The van der Waals surface area contributed by atoms with Crippen molar-refractivity contribution in [3.05, 3.63) is 39.9 Å². The second-order valence-electron chi connectivity index (χ2n) is 4.38. The zero-order valence-corrected chi connectivity index (χ0v) is 11.7. The lowest BCUT2D eigenvalue weighted by atomic mass is 10.0. The highest BCUT2D eigenvalue weighted by Crippen LogP contribution is 2.22. The average molecular weight is 305 g/mol. The third kappa shape index (κ3) is 2.15. The highest BCUT2D eigenvalue weighted by Gasteiger charge is 2.15. The zero-order chi connectivity index (χ0) is 12.5. The van der Waals surface area contributed by atoms with E-state index in [9.17, 15) is 0 Å². The third-order valence-electron chi connectivity index (χ3n) is 3.11. The first kappa shape index (κ1) is 11.7. The van der Waals surface area contributed by atoms with Crippen molar-refractivity contribution >= 4 is 15.9 Å². The first-order valence-electron chi connectivity index (χ1n) is 5.92. The largest absolute Gasteiger partial charge is 0.311 e. The van der Waals surface area contributed by atoms with Crippen LogP contribution in [0.4, 0.5) is 0 Å². The van der Waals surface area contributed by atoms with E-state index in [2.05, 4.69) is 43.1 Å². The van der Waals surface area contributed by atoms with Crippen LogP contribution in [0.25, 0.3) is 11.4 Å². The van der Waals surface area contributed by atoms with Crippen molar-refractivity contribution in [2.24, 2.45) is 0 Å². The molecule has 3 heterocycles. The van der Waals surface area contributed by atoms with Gasteiger partial charge in [0.2, 0.25) is 0 Å². The van der Waals surface area contributed by atoms with Crippen LogP contribution in [0.2, 0.25) is 0 Å². The zero-order valence-electron chi connectivity index (χ0n) is 10.1. The summed E-state index contributed by atoms with van der Waals surface area (Å²) in [6.45, 7) is 3.89. The summed E-state index contributed by atoms with van der Waals surface area (Å²) in [6, 6.07) is 1.99. The van der Waals surface area contributed by atoms with E-state index in [0.717, 1.165) is 46.8 Å². The van der Waals surface area contributed by atoms with E-state index in [4.69, 9.17) is 0 Å². The van der Waals surface area contributed by atoms with Crippen LogP contribution in [0.15, 0.2) is 22.9 Å². The summed E-state index contributed by atoms with van der Waals surface area (Å²) in [6.07, 6.45) is 4.57. The first-order valence-corrected chi connectivity index (χ1v) is 6.71. The molecule has 3 rings (SSSR count). The topological polar surface area (TPSA) is 50.7 Å². The fourth-order valence-electron chi connectivity index (χ4n) is 2.21. The summed E-state index contributed by atoms with van der Waals surface area (Å²) in [5.74, 6) is 0.753. The maximum Gasteiger partial charge on any atom is 0.161 e. The van der Waals surface area contributed by atoms with Crippen LogP contribution in [-0.2, 0) is 13.0 Å². The van der Waals surface area contributed by atoms with Crippen LogP contribution < -0.4 is 5.32 Å². The summed E-state index contributed by atoms with van der Waals surface area (Å²) in [7, 11) is 0. The van der Waals surface area contributed by atoms with Crippen LogP contribution >= 0.6 is 15.9 Å². The highest BCUT2D eigenvalue weighted by atomic mass is 79.9. The fourth-order valence-corrected chi connectivity index (χ4v) is 2.58. The molecule has 0 saturated heterocycles. The minimum Gasteiger partial charge on any atom is -0.311 e. The highest BCUT2D eigenvalue weighted by molar-refractivity contribution is 9.10. The Kier molecular flexibility index (Phi) is 3.09. The van der Waals surface area contributed by atoms with Gasteiger partial charge in [-0.1, -0.05) is 0 Å². The minimum absolute atomic E-state index is 0.753. The van der Waals surface area contributed by atoms with Crippen LogP contribution in [0.1, 0.15) is 17.0 Å². The summed E-state index contributed by atoms with van der Waals surface area (Å²) in [4.78, 5) is 13.4. The lowest BCUT2D eigenvalue weighted by Gasteiger charge is -2.18. The van der Waals surface area contributed by atoms with Crippen molar-refractivity contribution in [1.82, 2.24) is 20.3 Å². The third-order valence-corrected chi connectivity index (χ3v) is 3.54. The Hall–Kier alpha value is -1.33. The number of pyridine rings is 1. The number of fused-ring (bicyclic) bond motifs is 1. The van der Waals surface area contributed by atoms with Gasteiger partial charge in [0.25, 0.3) is 0 Å². The van der Waals surface area contributed by atoms with Gasteiger partial charge in [0, 0.05) is 34.7 Å². The van der Waals surface area contributed by atoms with E-state index in [1.165, 1.54) is 5.56 Å². The predicted octanol–water partition coefficient (Wildman–Crippen LogP) is 2.26. The van der Waals surface area contributed by atoms with Gasteiger partial charge in [-0.3, -0.25) is 4.98 Å². The van der Waals surface area contributed by atoms with E-state index in [0.29, 0.717) is 0 Å². The number of hydrogen-bond donors (Lipinski definition) is 1. The second-order valence-corrected chi connectivity index (χ2v) is 5.29. The van der Waals surface area contributed by atoms with Gasteiger partial charge in [-0.25, -0.2) is 9.97 Å². The van der Waals surface area contributed by atoms with Crippen molar-refractivity contribution in [3.63, 3.8) is 0 Å². The maximum atomic E-state index is 4.65. The molecule has 2 aromatic rings. The SMILES string of the molecule is Cc1nc(-c2cncc(Br)c2)nc2c1CCNC2.